The number of H-pyrrole nitrogens is 1. The molecule has 0 aliphatic carbocycles. The molecule has 1 aromatic heterocycles. The number of amides is 2. The summed E-state index contributed by atoms with van der Waals surface area (Å²) < 4.78 is 9.65. The zero-order chi connectivity index (χ0) is 28.8. The Balaban J connectivity index is 1.41. The second kappa shape index (κ2) is 10.3. The molecule has 41 heavy (non-hydrogen) atoms. The predicted octanol–water partition coefficient (Wildman–Crippen LogP) is 4.58. The van der Waals surface area contributed by atoms with E-state index in [1.807, 2.05) is 43.3 Å². The normalized spacial score (nSPS) is 20.8. The van der Waals surface area contributed by atoms with Crippen LogP contribution in [0.4, 0.5) is 5.69 Å². The van der Waals surface area contributed by atoms with Crippen LogP contribution in [0.2, 0.25) is 0 Å². The molecule has 2 aliphatic heterocycles. The molecule has 3 atom stereocenters. The number of hydrogen-bond acceptors (Lipinski definition) is 7. The van der Waals surface area contributed by atoms with Gasteiger partial charge in [0.15, 0.2) is 0 Å². The number of nitrogens with zero attached hydrogens (tertiary/aromatic N) is 2. The van der Waals surface area contributed by atoms with Gasteiger partial charge in [-0.05, 0) is 42.3 Å². The van der Waals surface area contributed by atoms with Gasteiger partial charge in [-0.2, -0.15) is 0 Å². The van der Waals surface area contributed by atoms with E-state index in [9.17, 15) is 19.2 Å². The van der Waals surface area contributed by atoms with Gasteiger partial charge in [-0.25, -0.2) is 14.5 Å². The number of aromatic amines is 1. The van der Waals surface area contributed by atoms with Crippen molar-refractivity contribution in [2.75, 3.05) is 25.7 Å². The van der Waals surface area contributed by atoms with Gasteiger partial charge in [0.2, 0.25) is 5.91 Å². The molecule has 4 aromatic rings. The first-order valence-electron chi connectivity index (χ1n) is 13.4. The minimum atomic E-state index is -0.730. The number of benzene rings is 3. The van der Waals surface area contributed by atoms with E-state index in [1.165, 1.54) is 38.0 Å². The van der Waals surface area contributed by atoms with Gasteiger partial charge in [0.1, 0.15) is 0 Å². The van der Waals surface area contributed by atoms with Crippen LogP contribution in [0.25, 0.3) is 10.9 Å². The van der Waals surface area contributed by atoms with Gasteiger partial charge in [0.05, 0.1) is 43.5 Å². The largest absolute Gasteiger partial charge is 0.465 e. The van der Waals surface area contributed by atoms with E-state index in [2.05, 4.69) is 28.1 Å². The monoisotopic (exact) mass is 551 g/mol. The molecule has 3 heterocycles. The number of para-hydroxylation sites is 1. The van der Waals surface area contributed by atoms with Gasteiger partial charge in [-0.15, -0.1) is 0 Å². The Hall–Kier alpha value is -4.76. The van der Waals surface area contributed by atoms with Gasteiger partial charge in [-0.1, -0.05) is 48.5 Å². The molecule has 208 valence electrons. The number of esters is 2. The third-order valence-electron chi connectivity index (χ3n) is 8.18. The fraction of sp³-hybridized carbons (Fsp3) is 0.250. The van der Waals surface area contributed by atoms with Crippen LogP contribution in [0, 0.1) is 0 Å². The lowest BCUT2D eigenvalue weighted by atomic mass is 9.83. The molecule has 0 radical (unpaired) electrons. The van der Waals surface area contributed by atoms with Crippen LogP contribution in [0.3, 0.4) is 0 Å². The van der Waals surface area contributed by atoms with Crippen LogP contribution in [0.1, 0.15) is 62.8 Å². The first-order valence-corrected chi connectivity index (χ1v) is 13.4. The van der Waals surface area contributed by atoms with Crippen molar-refractivity contribution < 1.29 is 28.7 Å². The van der Waals surface area contributed by atoms with Gasteiger partial charge in [0.25, 0.3) is 5.91 Å². The van der Waals surface area contributed by atoms with Crippen LogP contribution < -0.4 is 4.90 Å². The number of anilines is 1. The van der Waals surface area contributed by atoms with Crippen LogP contribution >= 0.6 is 0 Å². The molecule has 1 fully saturated rings. The number of imide groups is 1. The van der Waals surface area contributed by atoms with Crippen LogP contribution in [0.15, 0.2) is 72.8 Å². The standard InChI is InChI=1S/C32H29N3O6/c1-18-29-28(23-11-7-8-12-25(23)33-29)24(19-9-5-4-6-10-19)17-34(18)26-16-27(36)35(30(26)37)22-14-20(31(38)40-2)13-21(15-22)32(39)41-3/h4-15,18,24,26,33H,16-17H2,1-3H3. The number of hydrogen-bond donors (Lipinski definition) is 1. The van der Waals surface area contributed by atoms with Gasteiger partial charge in [-0.3, -0.25) is 14.5 Å². The Morgan fingerprint density at radius 2 is 1.51 bits per heavy atom. The van der Waals surface area contributed by atoms with Crippen LogP contribution in [0.5, 0.6) is 0 Å². The summed E-state index contributed by atoms with van der Waals surface area (Å²) in [4.78, 5) is 58.9. The highest BCUT2D eigenvalue weighted by Gasteiger charge is 2.47. The highest BCUT2D eigenvalue weighted by molar-refractivity contribution is 6.23. The number of rotatable bonds is 5. The van der Waals surface area contributed by atoms with Crippen molar-refractivity contribution in [3.63, 3.8) is 0 Å². The third-order valence-corrected chi connectivity index (χ3v) is 8.18. The average Bonchev–Trinajstić information content (AvgIpc) is 3.54. The molecule has 6 rings (SSSR count). The summed E-state index contributed by atoms with van der Waals surface area (Å²) in [5.74, 6) is -2.25. The Labute approximate surface area is 236 Å². The zero-order valence-electron chi connectivity index (χ0n) is 22.9. The summed E-state index contributed by atoms with van der Waals surface area (Å²) in [6.45, 7) is 2.58. The van der Waals surface area contributed by atoms with Gasteiger partial charge in [0, 0.05) is 35.1 Å². The Morgan fingerprint density at radius 3 is 2.17 bits per heavy atom. The van der Waals surface area contributed by atoms with E-state index in [0.29, 0.717) is 6.54 Å². The lowest BCUT2D eigenvalue weighted by Crippen LogP contribution is -2.47. The molecule has 0 saturated carbocycles. The summed E-state index contributed by atoms with van der Waals surface area (Å²) in [6.07, 6.45) is -0.0315. The molecule has 9 nitrogen and oxygen atoms in total. The summed E-state index contributed by atoms with van der Waals surface area (Å²) >= 11 is 0. The Bertz CT molecular complexity index is 1660. The van der Waals surface area contributed by atoms with Crippen LogP contribution in [-0.2, 0) is 19.1 Å². The number of carbonyl (C=O) groups is 4. The number of ether oxygens (including phenoxy) is 2. The molecule has 9 heteroatoms. The number of carbonyl (C=O) groups excluding carboxylic acids is 4. The molecule has 0 spiro atoms. The van der Waals surface area contributed by atoms with E-state index >= 15 is 0 Å². The van der Waals surface area contributed by atoms with Crippen molar-refractivity contribution in [3.8, 4) is 0 Å². The Morgan fingerprint density at radius 1 is 0.878 bits per heavy atom. The number of nitrogens with one attached hydrogen (secondary N) is 1. The van der Waals surface area contributed by atoms with Crippen molar-refractivity contribution in [1.82, 2.24) is 9.88 Å². The fourth-order valence-corrected chi connectivity index (χ4v) is 6.23. The maximum absolute atomic E-state index is 14.0. The van der Waals surface area contributed by atoms with E-state index in [1.54, 1.807) is 0 Å². The van der Waals surface area contributed by atoms with Crippen molar-refractivity contribution in [1.29, 1.82) is 0 Å². The Kier molecular flexibility index (Phi) is 6.67. The lowest BCUT2D eigenvalue weighted by molar-refractivity contribution is -0.123. The highest BCUT2D eigenvalue weighted by Crippen LogP contribution is 2.45. The lowest BCUT2D eigenvalue weighted by Gasteiger charge is -2.40. The number of fused-ring (bicyclic) bond motifs is 3. The molecule has 2 amide bonds. The van der Waals surface area contributed by atoms with E-state index in [0.717, 1.165) is 27.1 Å². The molecule has 1 N–H and O–H groups in total. The van der Waals surface area contributed by atoms with Crippen LogP contribution in [-0.4, -0.2) is 60.4 Å². The SMILES string of the molecule is COC(=O)c1cc(C(=O)OC)cc(N2C(=O)CC(N3CC(c4ccccc4)c4c([nH]c5ccccc45)C3C)C2=O)c1. The molecule has 1 saturated heterocycles. The van der Waals surface area contributed by atoms with Gasteiger partial charge >= 0.3 is 11.9 Å². The molecule has 2 aliphatic rings. The molecule has 3 aromatic carbocycles. The zero-order valence-corrected chi connectivity index (χ0v) is 22.9. The van der Waals surface area contributed by atoms with Crippen molar-refractivity contribution in [3.05, 3.63) is 101 Å². The number of aromatic nitrogens is 1. The topological polar surface area (TPSA) is 109 Å². The van der Waals surface area contributed by atoms with Crippen molar-refractivity contribution in [2.45, 2.75) is 31.3 Å². The first kappa shape index (κ1) is 26.5. The predicted molar refractivity (Wildman–Crippen MR) is 152 cm³/mol. The third kappa shape index (κ3) is 4.38. The minimum Gasteiger partial charge on any atom is -0.465 e. The smallest absolute Gasteiger partial charge is 0.337 e. The van der Waals surface area contributed by atoms with E-state index < -0.39 is 29.8 Å². The second-order valence-electron chi connectivity index (χ2n) is 10.4. The molecular weight excluding hydrogens is 522 g/mol. The maximum atomic E-state index is 14.0. The summed E-state index contributed by atoms with van der Waals surface area (Å²) in [6, 6.07) is 21.5. The van der Waals surface area contributed by atoms with Crippen molar-refractivity contribution >= 4 is 40.3 Å². The quantitative estimate of drug-likeness (QED) is 0.286. The van der Waals surface area contributed by atoms with E-state index in [-0.39, 0.29) is 35.2 Å². The molecule has 3 unspecified atom stereocenters. The van der Waals surface area contributed by atoms with E-state index in [4.69, 9.17) is 9.47 Å². The summed E-state index contributed by atoms with van der Waals surface area (Å²) in [7, 11) is 2.43. The number of methoxy groups -OCH3 is 2. The second-order valence-corrected chi connectivity index (χ2v) is 10.4. The maximum Gasteiger partial charge on any atom is 0.337 e. The summed E-state index contributed by atoms with van der Waals surface area (Å²) in [5, 5.41) is 1.15. The average molecular weight is 552 g/mol. The molecule has 0 bridgehead atoms. The first-order chi connectivity index (χ1) is 19.8. The van der Waals surface area contributed by atoms with Crippen molar-refractivity contribution in [2.24, 2.45) is 0 Å². The fourth-order valence-electron chi connectivity index (χ4n) is 6.23. The molecular formula is C32H29N3O6. The van der Waals surface area contributed by atoms with Gasteiger partial charge < -0.3 is 14.5 Å². The minimum absolute atomic E-state index is 0.0240. The highest BCUT2D eigenvalue weighted by atomic mass is 16.5. The summed E-state index contributed by atoms with van der Waals surface area (Å²) in [5.41, 5.74) is 4.57.